The Balaban J connectivity index is 1.66. The molecule has 0 heterocycles. The molecule has 0 aromatic heterocycles. The molecule has 6 N–H and O–H groups in total. The molecule has 3 aromatic rings. The summed E-state index contributed by atoms with van der Waals surface area (Å²) in [6.45, 7) is 10.8. The van der Waals surface area contributed by atoms with E-state index in [2.05, 4.69) is 21.3 Å². The lowest BCUT2D eigenvalue weighted by Gasteiger charge is -2.30. The molecule has 8 atom stereocenters. The van der Waals surface area contributed by atoms with Crippen LogP contribution in [0.1, 0.15) is 90.3 Å². The van der Waals surface area contributed by atoms with Gasteiger partial charge in [-0.15, -0.1) is 0 Å². The number of amides is 5. The Morgan fingerprint density at radius 2 is 1.15 bits per heavy atom. The predicted octanol–water partition coefficient (Wildman–Crippen LogP) is 4.84. The second kappa shape index (κ2) is 25.3. The number of carboxylic acid groups (broad SMARTS) is 1. The van der Waals surface area contributed by atoms with Crippen molar-refractivity contribution < 1.29 is 39.0 Å². The lowest BCUT2D eigenvalue weighted by atomic mass is 9.92. The SMILES string of the molecule is CC[C@H](C)[C@H](NC(=O)C[C@H](O)[C@H](Cc1ccccc1)NC(=O)[C@@H](NC(=O)CC[C@H](C)N(C)C(=O)Cc1ccccc1)C(C)C)C(=O)NC(C(=O)O)C(C)CCc1ccccc1. The van der Waals surface area contributed by atoms with Gasteiger partial charge in [0.2, 0.25) is 29.5 Å². The van der Waals surface area contributed by atoms with Gasteiger partial charge in [-0.25, -0.2) is 4.79 Å². The molecule has 13 nitrogen and oxygen atoms in total. The molecule has 0 bridgehead atoms. The van der Waals surface area contributed by atoms with Gasteiger partial charge in [0.1, 0.15) is 18.1 Å². The number of carbonyl (C=O) groups excluding carboxylic acids is 5. The van der Waals surface area contributed by atoms with Gasteiger partial charge in [-0.1, -0.05) is 132 Å². The maximum absolute atomic E-state index is 13.9. The van der Waals surface area contributed by atoms with Gasteiger partial charge < -0.3 is 36.4 Å². The second-order valence-electron chi connectivity index (χ2n) is 16.7. The summed E-state index contributed by atoms with van der Waals surface area (Å²) in [5.74, 6) is -4.56. The average molecular weight is 842 g/mol. The van der Waals surface area contributed by atoms with Gasteiger partial charge in [0.25, 0.3) is 0 Å². The highest BCUT2D eigenvalue weighted by atomic mass is 16.4. The van der Waals surface area contributed by atoms with Crippen LogP contribution in [0.3, 0.4) is 0 Å². The fourth-order valence-electron chi connectivity index (χ4n) is 7.04. The lowest BCUT2D eigenvalue weighted by Crippen LogP contribution is -2.57. The molecule has 0 aliphatic carbocycles. The van der Waals surface area contributed by atoms with E-state index in [4.69, 9.17) is 0 Å². The van der Waals surface area contributed by atoms with Crippen LogP contribution < -0.4 is 21.3 Å². The van der Waals surface area contributed by atoms with Gasteiger partial charge >= 0.3 is 5.97 Å². The molecule has 0 spiro atoms. The van der Waals surface area contributed by atoms with Crippen LogP contribution in [0.5, 0.6) is 0 Å². The summed E-state index contributed by atoms with van der Waals surface area (Å²) in [7, 11) is 1.71. The third-order valence-corrected chi connectivity index (χ3v) is 11.5. The number of aryl methyl sites for hydroxylation is 1. The van der Waals surface area contributed by atoms with Crippen LogP contribution >= 0.6 is 0 Å². The van der Waals surface area contributed by atoms with E-state index >= 15 is 0 Å². The number of hydrogen-bond donors (Lipinski definition) is 6. The summed E-state index contributed by atoms with van der Waals surface area (Å²) in [5.41, 5.74) is 2.74. The van der Waals surface area contributed by atoms with Crippen LogP contribution in [0.2, 0.25) is 0 Å². The minimum Gasteiger partial charge on any atom is -0.480 e. The number of nitrogens with zero attached hydrogens (tertiary/aromatic N) is 1. The molecular formula is C48H67N5O8. The molecule has 0 radical (unpaired) electrons. The summed E-state index contributed by atoms with van der Waals surface area (Å²) in [6, 6.07) is 23.8. The Kier molecular flexibility index (Phi) is 20.6. The molecule has 0 aliphatic rings. The van der Waals surface area contributed by atoms with Gasteiger partial charge in [0.15, 0.2) is 0 Å². The van der Waals surface area contributed by atoms with Crippen LogP contribution in [-0.2, 0) is 48.0 Å². The van der Waals surface area contributed by atoms with Crippen LogP contribution in [-0.4, -0.2) is 94.0 Å². The summed E-state index contributed by atoms with van der Waals surface area (Å²) >= 11 is 0. The first-order chi connectivity index (χ1) is 29.0. The standard InChI is InChI=1S/C48H67N5O8/c1-8-32(4)44(47(59)52-45(48(60)61)33(5)24-26-35-18-12-9-13-19-35)51-41(56)30-39(54)38(28-36-20-14-10-15-21-36)49-46(58)43(31(2)3)50-40(55)27-25-34(6)53(7)42(57)29-37-22-16-11-17-23-37/h9-23,31-34,38-39,43-45,54H,8,24-30H2,1-7H3,(H,49,58)(H,50,55)(H,51,56)(H,52,59)(H,60,61)/t32-,33?,34-,38-,39-,43-,44-,45?/m0/s1. The lowest BCUT2D eigenvalue weighted by molar-refractivity contribution is -0.144. The van der Waals surface area contributed by atoms with Crippen molar-refractivity contribution in [2.75, 3.05) is 7.05 Å². The van der Waals surface area contributed by atoms with Gasteiger partial charge in [0.05, 0.1) is 25.0 Å². The van der Waals surface area contributed by atoms with Crippen molar-refractivity contribution in [3.8, 4) is 0 Å². The number of carbonyl (C=O) groups is 6. The normalized spacial score (nSPS) is 15.2. The minimum atomic E-state index is -1.40. The monoisotopic (exact) mass is 841 g/mol. The minimum absolute atomic E-state index is 0.0690. The number of carboxylic acids is 1. The number of benzene rings is 3. The number of likely N-dealkylation sites (N-methyl/N-ethyl adjacent to an activating group) is 1. The largest absolute Gasteiger partial charge is 0.480 e. The van der Waals surface area contributed by atoms with Gasteiger partial charge in [0, 0.05) is 19.5 Å². The Hall–Kier alpha value is -5.56. The third-order valence-electron chi connectivity index (χ3n) is 11.5. The molecular weight excluding hydrogens is 775 g/mol. The molecule has 0 saturated heterocycles. The summed E-state index contributed by atoms with van der Waals surface area (Å²) in [6.07, 6.45) is 0.628. The molecule has 61 heavy (non-hydrogen) atoms. The molecule has 3 aromatic carbocycles. The number of aliphatic hydroxyl groups excluding tert-OH is 1. The second-order valence-corrected chi connectivity index (χ2v) is 16.7. The Morgan fingerprint density at radius 1 is 0.623 bits per heavy atom. The zero-order valence-electron chi connectivity index (χ0n) is 36.8. The fraction of sp³-hybridized carbons (Fsp3) is 0.500. The maximum Gasteiger partial charge on any atom is 0.326 e. The third kappa shape index (κ3) is 16.8. The van der Waals surface area contributed by atoms with E-state index in [0.29, 0.717) is 25.7 Å². The van der Waals surface area contributed by atoms with E-state index < -0.39 is 66.3 Å². The van der Waals surface area contributed by atoms with Crippen LogP contribution in [0.15, 0.2) is 91.0 Å². The highest BCUT2D eigenvalue weighted by Gasteiger charge is 2.34. The molecule has 332 valence electrons. The summed E-state index contributed by atoms with van der Waals surface area (Å²) in [4.78, 5) is 81.1. The van der Waals surface area contributed by atoms with Crippen molar-refractivity contribution in [1.82, 2.24) is 26.2 Å². The molecule has 5 amide bonds. The average Bonchev–Trinajstić information content (AvgIpc) is 3.24. The van der Waals surface area contributed by atoms with E-state index in [0.717, 1.165) is 16.7 Å². The molecule has 0 saturated carbocycles. The maximum atomic E-state index is 13.9. The van der Waals surface area contributed by atoms with E-state index in [-0.39, 0.29) is 49.0 Å². The van der Waals surface area contributed by atoms with Crippen molar-refractivity contribution in [3.05, 3.63) is 108 Å². The molecule has 0 aliphatic heterocycles. The van der Waals surface area contributed by atoms with Gasteiger partial charge in [-0.05, 0) is 67.1 Å². The molecule has 13 heteroatoms. The highest BCUT2D eigenvalue weighted by molar-refractivity contribution is 5.91. The topological polar surface area (TPSA) is 194 Å². The van der Waals surface area contributed by atoms with Crippen molar-refractivity contribution >= 4 is 35.5 Å². The zero-order chi connectivity index (χ0) is 45.1. The van der Waals surface area contributed by atoms with E-state index in [1.54, 1.807) is 39.6 Å². The number of aliphatic carboxylic acids is 1. The van der Waals surface area contributed by atoms with Crippen molar-refractivity contribution in [1.29, 1.82) is 0 Å². The molecule has 0 fully saturated rings. The quantitative estimate of drug-likeness (QED) is 0.0698. The van der Waals surface area contributed by atoms with Crippen LogP contribution in [0, 0.1) is 17.8 Å². The van der Waals surface area contributed by atoms with Crippen molar-refractivity contribution in [2.45, 2.75) is 129 Å². The Labute approximate surface area is 361 Å². The first-order valence-corrected chi connectivity index (χ1v) is 21.5. The summed E-state index contributed by atoms with van der Waals surface area (Å²) < 4.78 is 0. The number of aliphatic hydroxyl groups is 1. The van der Waals surface area contributed by atoms with E-state index in [1.807, 2.05) is 105 Å². The van der Waals surface area contributed by atoms with Crippen molar-refractivity contribution in [2.24, 2.45) is 17.8 Å². The molecule has 2 unspecified atom stereocenters. The van der Waals surface area contributed by atoms with Crippen molar-refractivity contribution in [3.63, 3.8) is 0 Å². The van der Waals surface area contributed by atoms with Gasteiger partial charge in [-0.3, -0.25) is 24.0 Å². The number of rotatable bonds is 25. The van der Waals surface area contributed by atoms with E-state index in [9.17, 15) is 39.0 Å². The zero-order valence-corrected chi connectivity index (χ0v) is 36.8. The first kappa shape index (κ1) is 49.8. The van der Waals surface area contributed by atoms with E-state index in [1.165, 1.54) is 0 Å². The fourth-order valence-corrected chi connectivity index (χ4v) is 7.04. The highest BCUT2D eigenvalue weighted by Crippen LogP contribution is 2.17. The Bertz CT molecular complexity index is 1840. The smallest absolute Gasteiger partial charge is 0.326 e. The first-order valence-electron chi connectivity index (χ1n) is 21.5. The molecule has 3 rings (SSSR count). The van der Waals surface area contributed by atoms with Crippen LogP contribution in [0.4, 0.5) is 0 Å². The van der Waals surface area contributed by atoms with Crippen LogP contribution in [0.25, 0.3) is 0 Å². The van der Waals surface area contributed by atoms with Gasteiger partial charge in [-0.2, -0.15) is 0 Å². The number of hydrogen-bond acceptors (Lipinski definition) is 7. The predicted molar refractivity (Wildman–Crippen MR) is 236 cm³/mol. The Morgan fingerprint density at radius 3 is 1.69 bits per heavy atom. The number of nitrogens with one attached hydrogen (secondary N) is 4. The summed E-state index contributed by atoms with van der Waals surface area (Å²) in [5, 5.41) is 32.7.